The minimum atomic E-state index is -0.316. The first kappa shape index (κ1) is 18.1. The fraction of sp³-hybridized carbons (Fsp3) is 0.409. The van der Waals surface area contributed by atoms with Crippen molar-refractivity contribution in [2.75, 3.05) is 19.6 Å². The first-order valence-corrected chi connectivity index (χ1v) is 10.2. The predicted octanol–water partition coefficient (Wildman–Crippen LogP) is 2.55. The van der Waals surface area contributed by atoms with Crippen LogP contribution in [0.2, 0.25) is 0 Å². The van der Waals surface area contributed by atoms with Crippen molar-refractivity contribution in [3.8, 4) is 0 Å². The molecule has 0 N–H and O–H groups in total. The molecule has 2 aliphatic heterocycles. The highest BCUT2D eigenvalue weighted by molar-refractivity contribution is 5.92. The average Bonchev–Trinajstić information content (AvgIpc) is 3.36. The third-order valence-corrected chi connectivity index (χ3v) is 5.91. The molecule has 2 aliphatic rings. The summed E-state index contributed by atoms with van der Waals surface area (Å²) in [7, 11) is 0. The fourth-order valence-electron chi connectivity index (χ4n) is 4.37. The summed E-state index contributed by atoms with van der Waals surface area (Å²) in [4.78, 5) is 28.5. The van der Waals surface area contributed by atoms with Gasteiger partial charge in [-0.1, -0.05) is 12.1 Å². The molecule has 3 aromatic rings. The molecule has 7 nitrogen and oxygen atoms in total. The van der Waals surface area contributed by atoms with Crippen LogP contribution in [0.1, 0.15) is 40.2 Å². The van der Waals surface area contributed by atoms with Gasteiger partial charge in [0.05, 0.1) is 12.2 Å². The molecule has 7 heteroatoms. The highest BCUT2D eigenvalue weighted by Crippen LogP contribution is 2.22. The number of hydrogen-bond acceptors (Lipinski definition) is 5. The smallest absolute Gasteiger partial charge is 0.336 e. The van der Waals surface area contributed by atoms with Crippen molar-refractivity contribution >= 4 is 16.9 Å². The lowest BCUT2D eigenvalue weighted by molar-refractivity contribution is 0.0786. The standard InChI is InChI=1S/C22H24N4O3/c1-15-10-21(27)29-20-11-16(4-5-18(15)20)13-24-8-9-26-17(14-24)12-19(23-26)22(28)25-6-2-3-7-25/h4-5,10-12H,2-3,6-9,13-14H2,1H3. The Morgan fingerprint density at radius 1 is 1.10 bits per heavy atom. The molecule has 0 bridgehead atoms. The third-order valence-electron chi connectivity index (χ3n) is 5.91. The summed E-state index contributed by atoms with van der Waals surface area (Å²) in [5.74, 6) is 0.0517. The maximum absolute atomic E-state index is 12.6. The number of benzene rings is 1. The van der Waals surface area contributed by atoms with E-state index < -0.39 is 0 Å². The fourth-order valence-corrected chi connectivity index (χ4v) is 4.37. The van der Waals surface area contributed by atoms with E-state index >= 15 is 0 Å². The van der Waals surface area contributed by atoms with Gasteiger partial charge in [-0.3, -0.25) is 14.4 Å². The van der Waals surface area contributed by atoms with Crippen molar-refractivity contribution in [3.05, 3.63) is 63.3 Å². The van der Waals surface area contributed by atoms with E-state index in [0.29, 0.717) is 11.3 Å². The second-order valence-electron chi connectivity index (χ2n) is 8.03. The monoisotopic (exact) mass is 392 g/mol. The van der Waals surface area contributed by atoms with Gasteiger partial charge in [0.2, 0.25) is 0 Å². The first-order valence-electron chi connectivity index (χ1n) is 10.2. The number of amides is 1. The second kappa shape index (κ2) is 7.15. The van der Waals surface area contributed by atoms with Gasteiger partial charge in [-0.05, 0) is 43.0 Å². The van der Waals surface area contributed by atoms with Crippen LogP contribution in [0.3, 0.4) is 0 Å². The number of hydrogen-bond donors (Lipinski definition) is 0. The van der Waals surface area contributed by atoms with Crippen molar-refractivity contribution in [2.45, 2.75) is 39.4 Å². The van der Waals surface area contributed by atoms with Crippen LogP contribution in [0.4, 0.5) is 0 Å². The SMILES string of the molecule is Cc1cc(=O)oc2cc(CN3CCn4nc(C(=O)N5CCCC5)cc4C3)ccc12. The van der Waals surface area contributed by atoms with E-state index in [0.717, 1.165) is 74.3 Å². The molecule has 1 saturated heterocycles. The molecular formula is C22H24N4O3. The summed E-state index contributed by atoms with van der Waals surface area (Å²) in [6.45, 7) is 6.73. The molecule has 4 heterocycles. The third kappa shape index (κ3) is 3.46. The van der Waals surface area contributed by atoms with Crippen LogP contribution in [-0.4, -0.2) is 45.1 Å². The van der Waals surface area contributed by atoms with E-state index in [9.17, 15) is 9.59 Å². The van der Waals surface area contributed by atoms with Crippen LogP contribution in [-0.2, 0) is 19.6 Å². The molecule has 0 unspecified atom stereocenters. The van der Waals surface area contributed by atoms with Crippen LogP contribution in [0, 0.1) is 6.92 Å². The lowest BCUT2D eigenvalue weighted by Gasteiger charge is -2.27. The largest absolute Gasteiger partial charge is 0.423 e. The lowest BCUT2D eigenvalue weighted by atomic mass is 10.1. The number of carbonyl (C=O) groups excluding carboxylic acids is 1. The minimum absolute atomic E-state index is 0.0517. The minimum Gasteiger partial charge on any atom is -0.423 e. The quantitative estimate of drug-likeness (QED) is 0.641. The maximum Gasteiger partial charge on any atom is 0.336 e. The topological polar surface area (TPSA) is 71.6 Å². The van der Waals surface area contributed by atoms with E-state index in [-0.39, 0.29) is 11.5 Å². The van der Waals surface area contributed by atoms with Crippen molar-refractivity contribution in [1.29, 1.82) is 0 Å². The van der Waals surface area contributed by atoms with Crippen LogP contribution in [0.5, 0.6) is 0 Å². The second-order valence-corrected chi connectivity index (χ2v) is 8.03. The average molecular weight is 392 g/mol. The summed E-state index contributed by atoms with van der Waals surface area (Å²) < 4.78 is 7.34. The van der Waals surface area contributed by atoms with Crippen LogP contribution >= 0.6 is 0 Å². The Hall–Kier alpha value is -2.93. The normalized spacial score (nSPS) is 17.1. The Balaban J connectivity index is 1.33. The van der Waals surface area contributed by atoms with Gasteiger partial charge in [0.25, 0.3) is 5.91 Å². The van der Waals surface area contributed by atoms with E-state index in [2.05, 4.69) is 16.1 Å². The summed E-state index contributed by atoms with van der Waals surface area (Å²) in [5.41, 5.74) is 3.98. The number of carbonyl (C=O) groups is 1. The highest BCUT2D eigenvalue weighted by atomic mass is 16.4. The van der Waals surface area contributed by atoms with Crippen molar-refractivity contribution in [1.82, 2.24) is 19.6 Å². The summed E-state index contributed by atoms with van der Waals surface area (Å²) in [6.07, 6.45) is 2.16. The van der Waals surface area contributed by atoms with Gasteiger partial charge in [0.1, 0.15) is 5.58 Å². The van der Waals surface area contributed by atoms with Crippen LogP contribution in [0.15, 0.2) is 39.5 Å². The summed E-state index contributed by atoms with van der Waals surface area (Å²) >= 11 is 0. The van der Waals surface area contributed by atoms with E-state index in [1.165, 1.54) is 6.07 Å². The van der Waals surface area contributed by atoms with Crippen LogP contribution in [0.25, 0.3) is 11.0 Å². The zero-order valence-corrected chi connectivity index (χ0v) is 16.6. The van der Waals surface area contributed by atoms with Gasteiger partial charge >= 0.3 is 5.63 Å². The molecule has 29 heavy (non-hydrogen) atoms. The molecule has 5 rings (SSSR count). The number of aryl methyl sites for hydroxylation is 1. The Kier molecular flexibility index (Phi) is 4.47. The van der Waals surface area contributed by atoms with Gasteiger partial charge < -0.3 is 9.32 Å². The van der Waals surface area contributed by atoms with Gasteiger partial charge in [-0.15, -0.1) is 0 Å². The van der Waals surface area contributed by atoms with Crippen molar-refractivity contribution in [3.63, 3.8) is 0 Å². The Bertz CT molecular complexity index is 1140. The Labute approximate surface area is 168 Å². The molecule has 1 amide bonds. The molecule has 0 atom stereocenters. The molecule has 1 fully saturated rings. The van der Waals surface area contributed by atoms with Gasteiger partial charge in [-0.2, -0.15) is 5.10 Å². The summed E-state index contributed by atoms with van der Waals surface area (Å²) in [5, 5.41) is 5.51. The van der Waals surface area contributed by atoms with E-state index in [1.807, 2.05) is 34.7 Å². The zero-order chi connectivity index (χ0) is 20.0. The van der Waals surface area contributed by atoms with Crippen LogP contribution < -0.4 is 5.63 Å². The maximum atomic E-state index is 12.6. The Morgan fingerprint density at radius 3 is 2.76 bits per heavy atom. The van der Waals surface area contributed by atoms with Gasteiger partial charge in [0.15, 0.2) is 5.69 Å². The van der Waals surface area contributed by atoms with Gasteiger partial charge in [-0.25, -0.2) is 4.79 Å². The van der Waals surface area contributed by atoms with E-state index in [4.69, 9.17) is 4.42 Å². The number of nitrogens with zero attached hydrogens (tertiary/aromatic N) is 4. The number of likely N-dealkylation sites (tertiary alicyclic amines) is 1. The Morgan fingerprint density at radius 2 is 1.93 bits per heavy atom. The lowest BCUT2D eigenvalue weighted by Crippen LogP contribution is -2.33. The summed E-state index contributed by atoms with van der Waals surface area (Å²) in [6, 6.07) is 9.52. The number of rotatable bonds is 3. The first-order chi connectivity index (χ1) is 14.1. The molecule has 0 aliphatic carbocycles. The predicted molar refractivity (Wildman–Crippen MR) is 109 cm³/mol. The molecule has 1 aromatic carbocycles. The van der Waals surface area contributed by atoms with Gasteiger partial charge in [0, 0.05) is 44.2 Å². The number of fused-ring (bicyclic) bond motifs is 2. The molecule has 150 valence electrons. The molecule has 0 radical (unpaired) electrons. The number of aromatic nitrogens is 2. The molecule has 0 spiro atoms. The van der Waals surface area contributed by atoms with E-state index in [1.54, 1.807) is 0 Å². The van der Waals surface area contributed by atoms with Crippen molar-refractivity contribution < 1.29 is 9.21 Å². The highest BCUT2D eigenvalue weighted by Gasteiger charge is 2.25. The molecule has 2 aromatic heterocycles. The van der Waals surface area contributed by atoms with Crippen molar-refractivity contribution in [2.24, 2.45) is 0 Å². The zero-order valence-electron chi connectivity index (χ0n) is 16.6. The molecular weight excluding hydrogens is 368 g/mol. The molecule has 0 saturated carbocycles.